The minimum atomic E-state index is -0.210. The largest absolute Gasteiger partial charge is 0.294 e. The minimum absolute atomic E-state index is 0.210. The summed E-state index contributed by atoms with van der Waals surface area (Å²) in [4.78, 5) is 6.54. The molecular weight excluding hydrogens is 307 g/mol. The summed E-state index contributed by atoms with van der Waals surface area (Å²) in [5, 5.41) is 0. The second-order valence-electron chi connectivity index (χ2n) is 4.40. The fourth-order valence-corrected chi connectivity index (χ4v) is 2.47. The highest BCUT2D eigenvalue weighted by Gasteiger charge is 2.07. The highest BCUT2D eigenvalue weighted by Crippen LogP contribution is 2.17. The molecule has 4 heteroatoms. The van der Waals surface area contributed by atoms with Crippen molar-refractivity contribution in [3.05, 3.63) is 64.1 Å². The molecule has 2 aromatic rings. The van der Waals surface area contributed by atoms with Gasteiger partial charge in [0.05, 0.1) is 5.69 Å². The van der Waals surface area contributed by atoms with Crippen molar-refractivity contribution < 1.29 is 4.39 Å². The number of pyridine rings is 1. The standard InChI is InChI=1S/C15H16BrFN2/c1-2-19(11-15-5-3-4-6-18-15)10-12-7-13(16)9-14(17)8-12/h3-9H,2,10-11H2,1H3. The molecule has 0 aliphatic heterocycles. The minimum Gasteiger partial charge on any atom is -0.294 e. The van der Waals surface area contributed by atoms with E-state index in [-0.39, 0.29) is 5.82 Å². The van der Waals surface area contributed by atoms with Gasteiger partial charge in [0, 0.05) is 23.8 Å². The van der Waals surface area contributed by atoms with E-state index >= 15 is 0 Å². The Hall–Kier alpha value is -1.26. The molecule has 0 amide bonds. The van der Waals surface area contributed by atoms with Gasteiger partial charge in [-0.25, -0.2) is 4.39 Å². The Morgan fingerprint density at radius 1 is 1.21 bits per heavy atom. The summed E-state index contributed by atoms with van der Waals surface area (Å²) in [6.45, 7) is 4.47. The van der Waals surface area contributed by atoms with Gasteiger partial charge in [-0.3, -0.25) is 9.88 Å². The van der Waals surface area contributed by atoms with Crippen molar-refractivity contribution in [2.24, 2.45) is 0 Å². The van der Waals surface area contributed by atoms with E-state index in [1.165, 1.54) is 6.07 Å². The molecule has 0 fully saturated rings. The number of hydrogen-bond donors (Lipinski definition) is 0. The second kappa shape index (κ2) is 6.78. The van der Waals surface area contributed by atoms with Crippen LogP contribution in [-0.4, -0.2) is 16.4 Å². The molecule has 0 aliphatic rings. The van der Waals surface area contributed by atoms with Crippen molar-refractivity contribution in [2.45, 2.75) is 20.0 Å². The molecule has 1 heterocycles. The molecule has 0 saturated heterocycles. The SMILES string of the molecule is CCN(Cc1cc(F)cc(Br)c1)Cc1ccccn1. The Kier molecular flexibility index (Phi) is 5.05. The molecule has 0 N–H and O–H groups in total. The van der Waals surface area contributed by atoms with Crippen LogP contribution in [-0.2, 0) is 13.1 Å². The molecule has 0 bridgehead atoms. The Balaban J connectivity index is 2.06. The number of nitrogens with zero attached hydrogens (tertiary/aromatic N) is 2. The fraction of sp³-hybridized carbons (Fsp3) is 0.267. The first-order chi connectivity index (χ1) is 9.17. The molecule has 1 aromatic heterocycles. The van der Waals surface area contributed by atoms with E-state index in [0.717, 1.165) is 28.8 Å². The van der Waals surface area contributed by atoms with Crippen LogP contribution in [0.1, 0.15) is 18.2 Å². The predicted molar refractivity (Wildman–Crippen MR) is 78.1 cm³/mol. The van der Waals surface area contributed by atoms with Crippen LogP contribution >= 0.6 is 15.9 Å². The summed E-state index contributed by atoms with van der Waals surface area (Å²) in [6, 6.07) is 10.9. The Bertz CT molecular complexity index is 511. The molecule has 0 radical (unpaired) electrons. The molecule has 0 spiro atoms. The summed E-state index contributed by atoms with van der Waals surface area (Å²) in [6.07, 6.45) is 1.79. The zero-order valence-corrected chi connectivity index (χ0v) is 12.4. The Morgan fingerprint density at radius 3 is 2.68 bits per heavy atom. The lowest BCUT2D eigenvalue weighted by atomic mass is 10.2. The maximum atomic E-state index is 13.3. The van der Waals surface area contributed by atoms with Crippen molar-refractivity contribution in [1.29, 1.82) is 0 Å². The number of aromatic nitrogens is 1. The maximum Gasteiger partial charge on any atom is 0.124 e. The van der Waals surface area contributed by atoms with Crippen molar-refractivity contribution in [2.75, 3.05) is 6.54 Å². The molecule has 0 atom stereocenters. The van der Waals surface area contributed by atoms with Crippen molar-refractivity contribution in [1.82, 2.24) is 9.88 Å². The number of rotatable bonds is 5. The normalized spacial score (nSPS) is 10.9. The summed E-state index contributed by atoms with van der Waals surface area (Å²) < 4.78 is 14.1. The van der Waals surface area contributed by atoms with Crippen LogP contribution in [0.2, 0.25) is 0 Å². The lowest BCUT2D eigenvalue weighted by Crippen LogP contribution is -2.22. The van der Waals surface area contributed by atoms with Gasteiger partial charge in [-0.05, 0) is 42.4 Å². The molecule has 19 heavy (non-hydrogen) atoms. The van der Waals surface area contributed by atoms with E-state index in [1.807, 2.05) is 24.3 Å². The monoisotopic (exact) mass is 322 g/mol. The Labute approximate surface area is 121 Å². The van der Waals surface area contributed by atoms with Crippen molar-refractivity contribution in [3.8, 4) is 0 Å². The summed E-state index contributed by atoms with van der Waals surface area (Å²) in [5.74, 6) is -0.210. The van der Waals surface area contributed by atoms with Gasteiger partial charge in [0.15, 0.2) is 0 Å². The van der Waals surface area contributed by atoms with E-state index in [2.05, 4.69) is 32.7 Å². The van der Waals surface area contributed by atoms with Gasteiger partial charge >= 0.3 is 0 Å². The van der Waals surface area contributed by atoms with Crippen LogP contribution in [0.25, 0.3) is 0 Å². The second-order valence-corrected chi connectivity index (χ2v) is 5.32. The average molecular weight is 323 g/mol. The zero-order valence-electron chi connectivity index (χ0n) is 10.8. The Morgan fingerprint density at radius 2 is 2.05 bits per heavy atom. The van der Waals surface area contributed by atoms with Gasteiger partial charge in [-0.15, -0.1) is 0 Å². The smallest absolute Gasteiger partial charge is 0.124 e. The van der Waals surface area contributed by atoms with Gasteiger partial charge in [0.1, 0.15) is 5.82 Å². The lowest BCUT2D eigenvalue weighted by molar-refractivity contribution is 0.267. The summed E-state index contributed by atoms with van der Waals surface area (Å²) in [7, 11) is 0. The molecule has 2 rings (SSSR count). The highest BCUT2D eigenvalue weighted by molar-refractivity contribution is 9.10. The van der Waals surface area contributed by atoms with Crippen LogP contribution in [0.3, 0.4) is 0 Å². The van der Waals surface area contributed by atoms with Crippen LogP contribution in [0, 0.1) is 5.82 Å². The topological polar surface area (TPSA) is 16.1 Å². The van der Waals surface area contributed by atoms with Crippen molar-refractivity contribution in [3.63, 3.8) is 0 Å². The maximum absolute atomic E-state index is 13.3. The molecule has 2 nitrogen and oxygen atoms in total. The molecule has 0 unspecified atom stereocenters. The van der Waals surface area contributed by atoms with E-state index in [4.69, 9.17) is 0 Å². The number of hydrogen-bond acceptors (Lipinski definition) is 2. The van der Waals surface area contributed by atoms with E-state index in [9.17, 15) is 4.39 Å². The van der Waals surface area contributed by atoms with Crippen LogP contribution < -0.4 is 0 Å². The van der Waals surface area contributed by atoms with Crippen LogP contribution in [0.15, 0.2) is 47.1 Å². The molecular formula is C15H16BrFN2. The third-order valence-corrected chi connectivity index (χ3v) is 3.35. The predicted octanol–water partition coefficient (Wildman–Crippen LogP) is 4.01. The number of benzene rings is 1. The fourth-order valence-electron chi connectivity index (χ4n) is 1.96. The van der Waals surface area contributed by atoms with Gasteiger partial charge in [-0.2, -0.15) is 0 Å². The van der Waals surface area contributed by atoms with Gasteiger partial charge in [-0.1, -0.05) is 28.9 Å². The van der Waals surface area contributed by atoms with Gasteiger partial charge in [0.2, 0.25) is 0 Å². The molecule has 0 aliphatic carbocycles. The first kappa shape index (κ1) is 14.2. The summed E-state index contributed by atoms with van der Waals surface area (Å²) >= 11 is 3.32. The van der Waals surface area contributed by atoms with E-state index < -0.39 is 0 Å². The molecule has 0 saturated carbocycles. The van der Waals surface area contributed by atoms with E-state index in [1.54, 1.807) is 12.3 Å². The first-order valence-electron chi connectivity index (χ1n) is 6.24. The molecule has 100 valence electrons. The van der Waals surface area contributed by atoms with Crippen LogP contribution in [0.4, 0.5) is 4.39 Å². The number of halogens is 2. The third-order valence-electron chi connectivity index (χ3n) is 2.89. The highest BCUT2D eigenvalue weighted by atomic mass is 79.9. The molecule has 1 aromatic carbocycles. The first-order valence-corrected chi connectivity index (χ1v) is 7.04. The summed E-state index contributed by atoms with van der Waals surface area (Å²) in [5.41, 5.74) is 1.99. The third kappa shape index (κ3) is 4.40. The zero-order chi connectivity index (χ0) is 13.7. The van der Waals surface area contributed by atoms with E-state index in [0.29, 0.717) is 6.54 Å². The van der Waals surface area contributed by atoms with Crippen molar-refractivity contribution >= 4 is 15.9 Å². The quantitative estimate of drug-likeness (QED) is 0.827. The van der Waals surface area contributed by atoms with Crippen LogP contribution in [0.5, 0.6) is 0 Å². The average Bonchev–Trinajstić information content (AvgIpc) is 2.38. The van der Waals surface area contributed by atoms with Gasteiger partial charge < -0.3 is 0 Å². The van der Waals surface area contributed by atoms with Gasteiger partial charge in [0.25, 0.3) is 0 Å². The lowest BCUT2D eigenvalue weighted by Gasteiger charge is -2.20.